The molecule has 6 heteroatoms. The van der Waals surface area contributed by atoms with E-state index in [9.17, 15) is 4.79 Å². The number of hydrogen-bond donors (Lipinski definition) is 2. The molecule has 2 aromatic carbocycles. The van der Waals surface area contributed by atoms with Gasteiger partial charge in [-0.05, 0) is 29.8 Å². The second-order valence-electron chi connectivity index (χ2n) is 4.26. The van der Waals surface area contributed by atoms with Crippen molar-refractivity contribution in [2.75, 3.05) is 12.4 Å². The third-order valence-corrected chi connectivity index (χ3v) is 3.63. The van der Waals surface area contributed by atoms with Crippen molar-refractivity contribution in [3.05, 3.63) is 58.1 Å². The van der Waals surface area contributed by atoms with E-state index in [2.05, 4.69) is 10.6 Å². The molecule has 0 saturated heterocycles. The number of urea groups is 1. The van der Waals surface area contributed by atoms with Crippen LogP contribution in [0.5, 0.6) is 5.75 Å². The Kier molecular flexibility index (Phi) is 5.31. The van der Waals surface area contributed by atoms with Gasteiger partial charge in [-0.25, -0.2) is 4.79 Å². The molecule has 0 heterocycles. The summed E-state index contributed by atoms with van der Waals surface area (Å²) in [6.07, 6.45) is 0. The van der Waals surface area contributed by atoms with Gasteiger partial charge in [-0.15, -0.1) is 0 Å². The molecule has 0 radical (unpaired) electrons. The first-order valence-corrected chi connectivity index (χ1v) is 6.97. The Bertz CT molecular complexity index is 630. The Morgan fingerprint density at radius 3 is 2.52 bits per heavy atom. The number of methoxy groups -OCH3 is 1. The summed E-state index contributed by atoms with van der Waals surface area (Å²) in [6, 6.07) is 12.1. The molecule has 0 aliphatic heterocycles. The fourth-order valence-corrected chi connectivity index (χ4v) is 2.04. The Labute approximate surface area is 133 Å². The minimum absolute atomic E-state index is 0.318. The summed E-state index contributed by atoms with van der Waals surface area (Å²) < 4.78 is 5.07. The Balaban J connectivity index is 1.91. The lowest BCUT2D eigenvalue weighted by molar-refractivity contribution is 0.251. The van der Waals surface area contributed by atoms with Crippen LogP contribution in [-0.2, 0) is 6.54 Å². The van der Waals surface area contributed by atoms with E-state index in [1.165, 1.54) is 0 Å². The van der Waals surface area contributed by atoms with Gasteiger partial charge in [-0.1, -0.05) is 41.4 Å². The highest BCUT2D eigenvalue weighted by Crippen LogP contribution is 2.29. The number of halogens is 2. The van der Waals surface area contributed by atoms with Gasteiger partial charge in [-0.2, -0.15) is 0 Å². The van der Waals surface area contributed by atoms with Gasteiger partial charge in [0.1, 0.15) is 5.75 Å². The molecule has 0 unspecified atom stereocenters. The molecule has 2 amide bonds. The SMILES string of the molecule is COc1ccc(CNC(=O)Nc2cccc(Cl)c2Cl)cc1. The summed E-state index contributed by atoms with van der Waals surface area (Å²) in [4.78, 5) is 11.8. The highest BCUT2D eigenvalue weighted by Gasteiger charge is 2.07. The van der Waals surface area contributed by atoms with Gasteiger partial charge in [0.15, 0.2) is 0 Å². The minimum Gasteiger partial charge on any atom is -0.497 e. The van der Waals surface area contributed by atoms with Crippen LogP contribution < -0.4 is 15.4 Å². The molecule has 0 atom stereocenters. The molecular formula is C15H14Cl2N2O2. The van der Waals surface area contributed by atoms with Crippen molar-refractivity contribution < 1.29 is 9.53 Å². The van der Waals surface area contributed by atoms with Crippen LogP contribution in [-0.4, -0.2) is 13.1 Å². The van der Waals surface area contributed by atoms with Crippen LogP contribution >= 0.6 is 23.2 Å². The lowest BCUT2D eigenvalue weighted by atomic mass is 10.2. The van der Waals surface area contributed by atoms with Crippen molar-refractivity contribution in [2.45, 2.75) is 6.54 Å². The highest BCUT2D eigenvalue weighted by atomic mass is 35.5. The Hall–Kier alpha value is -1.91. The lowest BCUT2D eigenvalue weighted by Gasteiger charge is -2.10. The summed E-state index contributed by atoms with van der Waals surface area (Å²) in [6.45, 7) is 0.397. The van der Waals surface area contributed by atoms with Crippen LogP contribution in [0.15, 0.2) is 42.5 Å². The number of carbonyl (C=O) groups excluding carboxylic acids is 1. The van der Waals surface area contributed by atoms with Gasteiger partial charge < -0.3 is 15.4 Å². The normalized spacial score (nSPS) is 10.0. The first-order valence-electron chi connectivity index (χ1n) is 6.22. The van der Waals surface area contributed by atoms with Crippen molar-refractivity contribution in [3.8, 4) is 5.75 Å². The number of benzene rings is 2. The monoisotopic (exact) mass is 324 g/mol. The summed E-state index contributed by atoms with van der Waals surface area (Å²) >= 11 is 11.9. The molecule has 0 bridgehead atoms. The van der Waals surface area contributed by atoms with E-state index in [1.807, 2.05) is 24.3 Å². The molecule has 4 nitrogen and oxygen atoms in total. The predicted molar refractivity (Wildman–Crippen MR) is 85.3 cm³/mol. The van der Waals surface area contributed by atoms with Gasteiger partial charge in [-0.3, -0.25) is 0 Å². The lowest BCUT2D eigenvalue weighted by Crippen LogP contribution is -2.28. The van der Waals surface area contributed by atoms with Gasteiger partial charge >= 0.3 is 6.03 Å². The second-order valence-corrected chi connectivity index (χ2v) is 5.04. The van der Waals surface area contributed by atoms with E-state index in [-0.39, 0.29) is 6.03 Å². The maximum Gasteiger partial charge on any atom is 0.319 e. The maximum atomic E-state index is 11.8. The van der Waals surface area contributed by atoms with E-state index < -0.39 is 0 Å². The molecule has 2 aromatic rings. The second kappa shape index (κ2) is 7.20. The molecule has 0 saturated carbocycles. The number of nitrogens with one attached hydrogen (secondary N) is 2. The molecule has 0 aliphatic rings. The third kappa shape index (κ3) is 4.28. The average Bonchev–Trinajstić information content (AvgIpc) is 2.50. The summed E-state index contributed by atoms with van der Waals surface area (Å²) in [5.74, 6) is 0.772. The van der Waals surface area contributed by atoms with E-state index in [4.69, 9.17) is 27.9 Å². The molecular weight excluding hydrogens is 311 g/mol. The number of rotatable bonds is 4. The topological polar surface area (TPSA) is 50.4 Å². The summed E-state index contributed by atoms with van der Waals surface area (Å²) in [5.41, 5.74) is 1.43. The molecule has 2 N–H and O–H groups in total. The van der Waals surface area contributed by atoms with E-state index in [0.29, 0.717) is 22.3 Å². The van der Waals surface area contributed by atoms with Crippen molar-refractivity contribution in [1.82, 2.24) is 5.32 Å². The fourth-order valence-electron chi connectivity index (χ4n) is 1.69. The molecule has 0 fully saturated rings. The van der Waals surface area contributed by atoms with Crippen molar-refractivity contribution >= 4 is 34.9 Å². The first kappa shape index (κ1) is 15.5. The zero-order chi connectivity index (χ0) is 15.2. The molecule has 0 aromatic heterocycles. The van der Waals surface area contributed by atoms with Crippen LogP contribution in [0.1, 0.15) is 5.56 Å². The number of hydrogen-bond acceptors (Lipinski definition) is 2. The van der Waals surface area contributed by atoms with Gasteiger partial charge in [0, 0.05) is 6.54 Å². The zero-order valence-corrected chi connectivity index (χ0v) is 12.8. The first-order chi connectivity index (χ1) is 10.1. The number of anilines is 1. The van der Waals surface area contributed by atoms with Crippen molar-refractivity contribution in [2.24, 2.45) is 0 Å². The Morgan fingerprint density at radius 2 is 1.86 bits per heavy atom. The number of amides is 2. The fraction of sp³-hybridized carbons (Fsp3) is 0.133. The molecule has 0 aliphatic carbocycles. The molecule has 21 heavy (non-hydrogen) atoms. The Morgan fingerprint density at radius 1 is 1.14 bits per heavy atom. The summed E-state index contributed by atoms with van der Waals surface area (Å²) in [5, 5.41) is 6.10. The van der Waals surface area contributed by atoms with Crippen molar-refractivity contribution in [3.63, 3.8) is 0 Å². The average molecular weight is 325 g/mol. The van der Waals surface area contributed by atoms with Crippen LogP contribution in [0.4, 0.5) is 10.5 Å². The van der Waals surface area contributed by atoms with Crippen LogP contribution in [0.2, 0.25) is 10.0 Å². The van der Waals surface area contributed by atoms with Crippen LogP contribution in [0.25, 0.3) is 0 Å². The molecule has 0 spiro atoms. The molecule has 2 rings (SSSR count). The quantitative estimate of drug-likeness (QED) is 0.879. The zero-order valence-electron chi connectivity index (χ0n) is 11.3. The summed E-state index contributed by atoms with van der Waals surface area (Å²) in [7, 11) is 1.61. The highest BCUT2D eigenvalue weighted by molar-refractivity contribution is 6.43. The minimum atomic E-state index is -0.352. The van der Waals surface area contributed by atoms with Crippen molar-refractivity contribution in [1.29, 1.82) is 0 Å². The number of ether oxygens (including phenoxy) is 1. The van der Waals surface area contributed by atoms with Gasteiger partial charge in [0.25, 0.3) is 0 Å². The molecule has 110 valence electrons. The maximum absolute atomic E-state index is 11.8. The van der Waals surface area contributed by atoms with E-state index in [0.717, 1.165) is 11.3 Å². The van der Waals surface area contributed by atoms with Gasteiger partial charge in [0.2, 0.25) is 0 Å². The smallest absolute Gasteiger partial charge is 0.319 e. The van der Waals surface area contributed by atoms with Crippen LogP contribution in [0.3, 0.4) is 0 Å². The van der Waals surface area contributed by atoms with Crippen LogP contribution in [0, 0.1) is 0 Å². The number of carbonyl (C=O) groups is 1. The largest absolute Gasteiger partial charge is 0.497 e. The van der Waals surface area contributed by atoms with Gasteiger partial charge in [0.05, 0.1) is 22.8 Å². The van der Waals surface area contributed by atoms with E-state index in [1.54, 1.807) is 25.3 Å². The third-order valence-electron chi connectivity index (χ3n) is 2.81. The van der Waals surface area contributed by atoms with E-state index >= 15 is 0 Å². The predicted octanol–water partition coefficient (Wildman–Crippen LogP) is 4.32. The standard InChI is InChI=1S/C15H14Cl2N2O2/c1-21-11-7-5-10(6-8-11)9-18-15(20)19-13-4-2-3-12(16)14(13)17/h2-8H,9H2,1H3,(H2,18,19,20).